The molecule has 0 fully saturated rings. The lowest BCUT2D eigenvalue weighted by Gasteiger charge is -2.15. The normalized spacial score (nSPS) is 12.0. The number of carbonyl (C=O) groups is 2. The molecule has 0 saturated heterocycles. The maximum absolute atomic E-state index is 12.3. The molecule has 3 rings (SSSR count). The van der Waals surface area contributed by atoms with E-state index in [9.17, 15) is 9.59 Å². The predicted octanol–water partition coefficient (Wildman–Crippen LogP) is 3.97. The average Bonchev–Trinajstić information content (AvgIpc) is 3.06. The fraction of sp³-hybridized carbons (Fsp3) is 0.167. The number of fused-ring (bicyclic) bond motifs is 1. The number of halogens is 1. The zero-order valence-electron chi connectivity index (χ0n) is 13.6. The monoisotopic (exact) mass is 358 g/mol. The van der Waals surface area contributed by atoms with Crippen LogP contribution in [0.15, 0.2) is 47.2 Å². The largest absolute Gasteiger partial charge is 0.449 e. The number of benzene rings is 2. The van der Waals surface area contributed by atoms with Crippen molar-refractivity contribution in [2.45, 2.75) is 20.0 Å². The van der Waals surface area contributed by atoms with Crippen LogP contribution in [-0.4, -0.2) is 23.0 Å². The van der Waals surface area contributed by atoms with Crippen molar-refractivity contribution in [1.82, 2.24) is 4.98 Å². The van der Waals surface area contributed by atoms with Gasteiger partial charge >= 0.3 is 5.97 Å². The summed E-state index contributed by atoms with van der Waals surface area (Å²) >= 11 is 6.03. The number of aromatic nitrogens is 1. The molecule has 2 aromatic carbocycles. The van der Waals surface area contributed by atoms with Crippen molar-refractivity contribution in [3.8, 4) is 0 Å². The van der Waals surface area contributed by atoms with Crippen molar-refractivity contribution in [3.05, 3.63) is 58.9 Å². The number of oxazole rings is 1. The highest BCUT2D eigenvalue weighted by Gasteiger charge is 2.20. The van der Waals surface area contributed by atoms with Gasteiger partial charge in [-0.05, 0) is 49.7 Å². The van der Waals surface area contributed by atoms with Gasteiger partial charge in [-0.25, -0.2) is 9.78 Å². The summed E-state index contributed by atoms with van der Waals surface area (Å²) < 4.78 is 10.4. The standard InChI is InChI=1S/C18H15ClN2O4/c1-10-13(19)4-3-5-14(10)21-17(22)11(2)25-18(23)12-6-7-15-16(8-12)24-9-20-15/h3-9,11H,1-2H3,(H,21,22). The van der Waals surface area contributed by atoms with Crippen LogP contribution in [0, 0.1) is 6.92 Å². The molecule has 25 heavy (non-hydrogen) atoms. The van der Waals surface area contributed by atoms with E-state index < -0.39 is 18.0 Å². The summed E-state index contributed by atoms with van der Waals surface area (Å²) in [6.07, 6.45) is 0.319. The van der Waals surface area contributed by atoms with Crippen LogP contribution in [0.25, 0.3) is 11.1 Å². The molecule has 1 unspecified atom stereocenters. The fourth-order valence-electron chi connectivity index (χ4n) is 2.24. The van der Waals surface area contributed by atoms with Crippen molar-refractivity contribution >= 4 is 40.3 Å². The second-order valence-corrected chi connectivity index (χ2v) is 5.89. The predicted molar refractivity (Wildman–Crippen MR) is 93.7 cm³/mol. The van der Waals surface area contributed by atoms with Crippen LogP contribution >= 0.6 is 11.6 Å². The number of rotatable bonds is 4. The Morgan fingerprint density at radius 1 is 1.28 bits per heavy atom. The highest BCUT2D eigenvalue weighted by molar-refractivity contribution is 6.31. The minimum absolute atomic E-state index is 0.280. The molecule has 0 saturated carbocycles. The quantitative estimate of drug-likeness (QED) is 0.713. The second-order valence-electron chi connectivity index (χ2n) is 5.48. The van der Waals surface area contributed by atoms with Gasteiger partial charge in [0.25, 0.3) is 5.91 Å². The molecular weight excluding hydrogens is 344 g/mol. The Morgan fingerprint density at radius 3 is 2.88 bits per heavy atom. The Labute approximate surface area is 148 Å². The molecule has 7 heteroatoms. The lowest BCUT2D eigenvalue weighted by atomic mass is 10.2. The first-order valence-electron chi connectivity index (χ1n) is 7.56. The van der Waals surface area contributed by atoms with Crippen LogP contribution in [-0.2, 0) is 9.53 Å². The van der Waals surface area contributed by atoms with Gasteiger partial charge in [-0.2, -0.15) is 0 Å². The minimum Gasteiger partial charge on any atom is -0.449 e. The molecule has 0 aliphatic rings. The Hall–Kier alpha value is -2.86. The lowest BCUT2D eigenvalue weighted by molar-refractivity contribution is -0.123. The van der Waals surface area contributed by atoms with Crippen LogP contribution < -0.4 is 5.32 Å². The second kappa shape index (κ2) is 6.94. The maximum Gasteiger partial charge on any atom is 0.339 e. The fourth-order valence-corrected chi connectivity index (χ4v) is 2.42. The molecule has 0 aliphatic carbocycles. The average molecular weight is 359 g/mol. The number of carbonyl (C=O) groups excluding carboxylic acids is 2. The van der Waals surface area contributed by atoms with Crippen LogP contribution in [0.4, 0.5) is 5.69 Å². The van der Waals surface area contributed by atoms with E-state index in [0.717, 1.165) is 5.56 Å². The number of esters is 1. The van der Waals surface area contributed by atoms with Crippen LogP contribution in [0.2, 0.25) is 5.02 Å². The summed E-state index contributed by atoms with van der Waals surface area (Å²) in [5.41, 5.74) is 2.71. The molecule has 1 N–H and O–H groups in total. The van der Waals surface area contributed by atoms with Gasteiger partial charge in [-0.15, -0.1) is 0 Å². The number of nitrogens with zero attached hydrogens (tertiary/aromatic N) is 1. The molecule has 128 valence electrons. The van der Waals surface area contributed by atoms with Gasteiger partial charge < -0.3 is 14.5 Å². The third-order valence-corrected chi connectivity index (χ3v) is 4.16. The van der Waals surface area contributed by atoms with E-state index in [1.807, 2.05) is 0 Å². The molecule has 6 nitrogen and oxygen atoms in total. The number of hydrogen-bond acceptors (Lipinski definition) is 5. The zero-order valence-corrected chi connectivity index (χ0v) is 14.3. The summed E-state index contributed by atoms with van der Waals surface area (Å²) in [6.45, 7) is 3.29. The molecule has 1 heterocycles. The smallest absolute Gasteiger partial charge is 0.339 e. The van der Waals surface area contributed by atoms with Gasteiger partial charge in [0, 0.05) is 10.7 Å². The maximum atomic E-state index is 12.3. The zero-order chi connectivity index (χ0) is 18.0. The number of anilines is 1. The minimum atomic E-state index is -0.976. The van der Waals surface area contributed by atoms with Crippen molar-refractivity contribution in [3.63, 3.8) is 0 Å². The molecule has 0 bridgehead atoms. The molecule has 0 radical (unpaired) electrons. The first kappa shape index (κ1) is 17.0. The Morgan fingerprint density at radius 2 is 2.08 bits per heavy atom. The SMILES string of the molecule is Cc1c(Cl)cccc1NC(=O)C(C)OC(=O)c1ccc2ncoc2c1. The van der Waals surface area contributed by atoms with E-state index in [2.05, 4.69) is 10.3 Å². The van der Waals surface area contributed by atoms with E-state index in [-0.39, 0.29) is 5.56 Å². The van der Waals surface area contributed by atoms with Gasteiger partial charge in [0.1, 0.15) is 5.52 Å². The molecule has 1 amide bonds. The number of nitrogens with one attached hydrogen (secondary N) is 1. The van der Waals surface area contributed by atoms with Gasteiger partial charge in [0.15, 0.2) is 18.1 Å². The van der Waals surface area contributed by atoms with Crippen molar-refractivity contribution in [2.75, 3.05) is 5.32 Å². The van der Waals surface area contributed by atoms with Crippen molar-refractivity contribution in [1.29, 1.82) is 0 Å². The van der Waals surface area contributed by atoms with E-state index in [1.54, 1.807) is 37.3 Å². The summed E-state index contributed by atoms with van der Waals surface area (Å²) in [4.78, 5) is 28.4. The van der Waals surface area contributed by atoms with E-state index >= 15 is 0 Å². The van der Waals surface area contributed by atoms with Crippen molar-refractivity contribution in [2.24, 2.45) is 0 Å². The molecule has 1 aromatic heterocycles. The topological polar surface area (TPSA) is 81.4 Å². The molecule has 1 atom stereocenters. The molecular formula is C18H15ClN2O4. The summed E-state index contributed by atoms with van der Waals surface area (Å²) in [5, 5.41) is 3.25. The third-order valence-electron chi connectivity index (χ3n) is 3.75. The number of ether oxygens (including phenoxy) is 1. The van der Waals surface area contributed by atoms with Crippen LogP contribution in [0.5, 0.6) is 0 Å². The van der Waals surface area contributed by atoms with Gasteiger partial charge in [-0.1, -0.05) is 17.7 Å². The number of amides is 1. The Bertz CT molecular complexity index is 951. The summed E-state index contributed by atoms with van der Waals surface area (Å²) in [5.74, 6) is -1.07. The molecule has 0 spiro atoms. The third kappa shape index (κ3) is 3.64. The van der Waals surface area contributed by atoms with Crippen LogP contribution in [0.3, 0.4) is 0 Å². The van der Waals surface area contributed by atoms with E-state index in [0.29, 0.717) is 21.8 Å². The molecule has 0 aliphatic heterocycles. The van der Waals surface area contributed by atoms with E-state index in [1.165, 1.54) is 19.4 Å². The summed E-state index contributed by atoms with van der Waals surface area (Å²) in [6, 6.07) is 9.93. The van der Waals surface area contributed by atoms with Gasteiger partial charge in [0.05, 0.1) is 5.56 Å². The first-order valence-corrected chi connectivity index (χ1v) is 7.93. The lowest BCUT2D eigenvalue weighted by Crippen LogP contribution is -2.30. The molecule has 3 aromatic rings. The highest BCUT2D eigenvalue weighted by Crippen LogP contribution is 2.23. The Kier molecular flexibility index (Phi) is 4.72. The van der Waals surface area contributed by atoms with E-state index in [4.69, 9.17) is 20.8 Å². The summed E-state index contributed by atoms with van der Waals surface area (Å²) in [7, 11) is 0. The van der Waals surface area contributed by atoms with Crippen molar-refractivity contribution < 1.29 is 18.7 Å². The highest BCUT2D eigenvalue weighted by atomic mass is 35.5. The van der Waals surface area contributed by atoms with Gasteiger partial charge in [-0.3, -0.25) is 4.79 Å². The Balaban J connectivity index is 1.68. The van der Waals surface area contributed by atoms with Gasteiger partial charge in [0.2, 0.25) is 0 Å². The first-order chi connectivity index (χ1) is 12.0. The number of hydrogen-bond donors (Lipinski definition) is 1. The van der Waals surface area contributed by atoms with Crippen LogP contribution in [0.1, 0.15) is 22.8 Å².